The highest BCUT2D eigenvalue weighted by molar-refractivity contribution is 6.07. The molecule has 0 fully saturated rings. The summed E-state index contributed by atoms with van der Waals surface area (Å²) in [6.07, 6.45) is 0. The molecule has 0 atom stereocenters. The summed E-state index contributed by atoms with van der Waals surface area (Å²) in [6.45, 7) is 1.79. The number of anilines is 3. The molecular weight excluding hydrogens is 338 g/mol. The van der Waals surface area contributed by atoms with Gasteiger partial charge in [0.1, 0.15) is 22.8 Å². The first kappa shape index (κ1) is 17.2. The number of methoxy groups -OCH3 is 2. The van der Waals surface area contributed by atoms with Crippen LogP contribution in [0.4, 0.5) is 17.5 Å². The molecule has 3 aromatic rings. The molecule has 1 amide bonds. The van der Waals surface area contributed by atoms with Crippen LogP contribution in [0.2, 0.25) is 0 Å². The van der Waals surface area contributed by atoms with Crippen molar-refractivity contribution in [2.24, 2.45) is 0 Å². The quantitative estimate of drug-likeness (QED) is 0.694. The van der Waals surface area contributed by atoms with Crippen LogP contribution in [-0.4, -0.2) is 35.5 Å². The molecule has 0 aliphatic rings. The van der Waals surface area contributed by atoms with Crippen molar-refractivity contribution >= 4 is 23.4 Å². The van der Waals surface area contributed by atoms with Gasteiger partial charge in [0, 0.05) is 6.07 Å². The van der Waals surface area contributed by atoms with Crippen LogP contribution in [0.5, 0.6) is 11.5 Å². The first-order chi connectivity index (χ1) is 12.6. The molecule has 0 radical (unpaired) electrons. The Balaban J connectivity index is 1.74. The third-order valence-corrected chi connectivity index (χ3v) is 3.45. The summed E-state index contributed by atoms with van der Waals surface area (Å²) in [6, 6.07) is 10.1. The van der Waals surface area contributed by atoms with Gasteiger partial charge in [-0.25, -0.2) is 0 Å². The Morgan fingerprint density at radius 2 is 1.65 bits per heavy atom. The first-order valence-electron chi connectivity index (χ1n) is 7.67. The Morgan fingerprint density at radius 3 is 2.19 bits per heavy atom. The highest BCUT2D eigenvalue weighted by Crippen LogP contribution is 2.28. The van der Waals surface area contributed by atoms with Gasteiger partial charge in [0.15, 0.2) is 17.5 Å². The number of carbonyl (C=O) groups is 1. The van der Waals surface area contributed by atoms with Gasteiger partial charge in [0.2, 0.25) is 0 Å². The zero-order valence-corrected chi connectivity index (χ0v) is 14.4. The third-order valence-electron chi connectivity index (χ3n) is 3.45. The number of nitrogens with zero attached hydrogens (tertiary/aromatic N) is 3. The molecule has 0 spiro atoms. The van der Waals surface area contributed by atoms with Gasteiger partial charge >= 0.3 is 0 Å². The Kier molecular flexibility index (Phi) is 4.97. The Bertz CT molecular complexity index is 886. The van der Waals surface area contributed by atoms with Gasteiger partial charge in [0.25, 0.3) is 5.91 Å². The highest BCUT2D eigenvalue weighted by Gasteiger charge is 2.18. The fourth-order valence-electron chi connectivity index (χ4n) is 2.28. The van der Waals surface area contributed by atoms with E-state index in [1.54, 1.807) is 43.3 Å². The molecule has 2 N–H and O–H groups in total. The number of aromatic nitrogens is 3. The number of nitrogens with one attached hydrogen (secondary N) is 2. The van der Waals surface area contributed by atoms with Crippen molar-refractivity contribution in [2.45, 2.75) is 6.92 Å². The van der Waals surface area contributed by atoms with Crippen molar-refractivity contribution in [3.63, 3.8) is 0 Å². The second-order valence-corrected chi connectivity index (χ2v) is 5.24. The van der Waals surface area contributed by atoms with Crippen LogP contribution >= 0.6 is 0 Å². The van der Waals surface area contributed by atoms with Crippen molar-refractivity contribution in [2.75, 3.05) is 24.9 Å². The fraction of sp³-hybridized carbons (Fsp3) is 0.176. The summed E-state index contributed by atoms with van der Waals surface area (Å²) >= 11 is 0. The van der Waals surface area contributed by atoms with E-state index in [0.717, 1.165) is 0 Å². The van der Waals surface area contributed by atoms with Gasteiger partial charge in [-0.2, -0.15) is 0 Å². The molecule has 9 heteroatoms. The van der Waals surface area contributed by atoms with Crippen molar-refractivity contribution in [1.29, 1.82) is 0 Å². The number of ether oxygens (including phenoxy) is 2. The van der Waals surface area contributed by atoms with Crippen molar-refractivity contribution in [3.05, 3.63) is 47.7 Å². The van der Waals surface area contributed by atoms with E-state index in [4.69, 9.17) is 14.0 Å². The molecule has 134 valence electrons. The van der Waals surface area contributed by atoms with E-state index in [1.807, 2.05) is 0 Å². The summed E-state index contributed by atoms with van der Waals surface area (Å²) in [7, 11) is 2.97. The van der Waals surface area contributed by atoms with E-state index in [-0.39, 0.29) is 11.4 Å². The van der Waals surface area contributed by atoms with Crippen molar-refractivity contribution in [3.8, 4) is 11.5 Å². The maximum Gasteiger partial charge on any atom is 0.264 e. The monoisotopic (exact) mass is 355 g/mol. The van der Waals surface area contributed by atoms with Crippen LogP contribution in [-0.2, 0) is 0 Å². The molecule has 0 aliphatic carbocycles. The average Bonchev–Trinajstić information content (AvgIpc) is 3.07. The predicted molar refractivity (Wildman–Crippen MR) is 94.1 cm³/mol. The van der Waals surface area contributed by atoms with E-state index in [9.17, 15) is 4.79 Å². The lowest BCUT2D eigenvalue weighted by atomic mass is 10.1. The molecule has 0 aliphatic heterocycles. The molecule has 0 bridgehead atoms. The minimum absolute atomic E-state index is 0.277. The molecule has 26 heavy (non-hydrogen) atoms. The van der Waals surface area contributed by atoms with E-state index in [1.165, 1.54) is 14.2 Å². The molecule has 2 aromatic heterocycles. The maximum atomic E-state index is 12.6. The van der Waals surface area contributed by atoms with E-state index < -0.39 is 5.91 Å². The SMILES string of the molecule is COc1cccc(OC)c1C(=O)Nc1ccc(Nc2cc(C)on2)nn1. The molecule has 2 heterocycles. The van der Waals surface area contributed by atoms with Gasteiger partial charge in [-0.1, -0.05) is 11.2 Å². The normalized spacial score (nSPS) is 10.3. The molecule has 0 unspecified atom stereocenters. The first-order valence-corrected chi connectivity index (χ1v) is 7.67. The molecular formula is C17H17N5O4. The summed E-state index contributed by atoms with van der Waals surface area (Å²) in [5.74, 6) is 2.32. The Hall–Kier alpha value is -3.62. The van der Waals surface area contributed by atoms with E-state index in [2.05, 4.69) is 26.0 Å². The lowest BCUT2D eigenvalue weighted by molar-refractivity contribution is 0.102. The summed E-state index contributed by atoms with van der Waals surface area (Å²) in [4.78, 5) is 12.6. The van der Waals surface area contributed by atoms with Crippen LogP contribution in [0.25, 0.3) is 0 Å². The minimum atomic E-state index is -0.415. The average molecular weight is 355 g/mol. The zero-order chi connectivity index (χ0) is 18.5. The molecule has 3 rings (SSSR count). The summed E-state index contributed by atoms with van der Waals surface area (Å²) in [5.41, 5.74) is 0.277. The Labute approximate surface area is 149 Å². The van der Waals surface area contributed by atoms with Gasteiger partial charge in [-0.3, -0.25) is 4.79 Å². The highest BCUT2D eigenvalue weighted by atomic mass is 16.5. The van der Waals surface area contributed by atoms with Gasteiger partial charge < -0.3 is 24.6 Å². The number of hydrogen-bond acceptors (Lipinski definition) is 8. The van der Waals surface area contributed by atoms with Gasteiger partial charge in [-0.05, 0) is 31.2 Å². The summed E-state index contributed by atoms with van der Waals surface area (Å²) < 4.78 is 15.4. The smallest absolute Gasteiger partial charge is 0.264 e. The van der Waals surface area contributed by atoms with E-state index in [0.29, 0.717) is 28.9 Å². The second-order valence-electron chi connectivity index (χ2n) is 5.24. The minimum Gasteiger partial charge on any atom is -0.496 e. The van der Waals surface area contributed by atoms with Crippen LogP contribution in [0.3, 0.4) is 0 Å². The van der Waals surface area contributed by atoms with Crippen LogP contribution in [0.1, 0.15) is 16.1 Å². The zero-order valence-electron chi connectivity index (χ0n) is 14.4. The maximum absolute atomic E-state index is 12.6. The fourth-order valence-corrected chi connectivity index (χ4v) is 2.28. The lowest BCUT2D eigenvalue weighted by Gasteiger charge is -2.12. The predicted octanol–water partition coefficient (Wildman–Crippen LogP) is 2.79. The number of amides is 1. The summed E-state index contributed by atoms with van der Waals surface area (Å²) in [5, 5.41) is 17.4. The number of aryl methyl sites for hydroxylation is 1. The number of carbonyl (C=O) groups excluding carboxylic acids is 1. The largest absolute Gasteiger partial charge is 0.496 e. The van der Waals surface area contributed by atoms with Crippen LogP contribution < -0.4 is 20.1 Å². The van der Waals surface area contributed by atoms with Gasteiger partial charge in [0.05, 0.1) is 14.2 Å². The standard InChI is InChI=1S/C17H17N5O4/c1-10-9-15(22-26-10)18-13-7-8-14(21-20-13)19-17(23)16-11(24-2)5-4-6-12(16)25-3/h4-9H,1-3H3,(H,18,20,22)(H,19,21,23). The number of rotatable bonds is 6. The number of benzene rings is 1. The topological polar surface area (TPSA) is 111 Å². The van der Waals surface area contributed by atoms with Crippen LogP contribution in [0, 0.1) is 6.92 Å². The molecule has 0 saturated heterocycles. The molecule has 9 nitrogen and oxygen atoms in total. The molecule has 1 aromatic carbocycles. The second kappa shape index (κ2) is 7.51. The van der Waals surface area contributed by atoms with Crippen molar-refractivity contribution < 1.29 is 18.8 Å². The van der Waals surface area contributed by atoms with E-state index >= 15 is 0 Å². The number of hydrogen-bond donors (Lipinski definition) is 2. The van der Waals surface area contributed by atoms with Crippen molar-refractivity contribution in [1.82, 2.24) is 15.4 Å². The lowest BCUT2D eigenvalue weighted by Crippen LogP contribution is -2.16. The van der Waals surface area contributed by atoms with Gasteiger partial charge in [-0.15, -0.1) is 10.2 Å². The third kappa shape index (κ3) is 3.72. The van der Waals surface area contributed by atoms with Crippen LogP contribution in [0.15, 0.2) is 40.9 Å². The molecule has 0 saturated carbocycles. The Morgan fingerprint density at radius 1 is 1.00 bits per heavy atom.